The standard InChI is InChI=1S/C18H18ClN3O3/c1-3-11(2)15(20-17(23)12-7-4-5-8-13(12)19)18-21-16(22-25-18)14-9-6-10-24-14/h4-11,15H,3H2,1-2H3,(H,20,23). The number of nitrogens with one attached hydrogen (secondary N) is 1. The Hall–Kier alpha value is -2.60. The maximum absolute atomic E-state index is 12.6. The van der Waals surface area contributed by atoms with E-state index < -0.39 is 6.04 Å². The summed E-state index contributed by atoms with van der Waals surface area (Å²) in [6.45, 7) is 4.04. The van der Waals surface area contributed by atoms with Gasteiger partial charge in [-0.05, 0) is 30.2 Å². The normalized spacial score (nSPS) is 13.4. The lowest BCUT2D eigenvalue weighted by Crippen LogP contribution is -2.33. The number of rotatable bonds is 6. The van der Waals surface area contributed by atoms with E-state index in [-0.39, 0.29) is 11.8 Å². The fraction of sp³-hybridized carbons (Fsp3) is 0.278. The number of aromatic nitrogens is 2. The van der Waals surface area contributed by atoms with Gasteiger partial charge in [-0.3, -0.25) is 4.79 Å². The van der Waals surface area contributed by atoms with Crippen molar-refractivity contribution in [1.29, 1.82) is 0 Å². The molecule has 25 heavy (non-hydrogen) atoms. The minimum absolute atomic E-state index is 0.0938. The highest BCUT2D eigenvalue weighted by molar-refractivity contribution is 6.33. The van der Waals surface area contributed by atoms with Crippen molar-refractivity contribution in [3.63, 3.8) is 0 Å². The molecule has 6 nitrogen and oxygen atoms in total. The van der Waals surface area contributed by atoms with Gasteiger partial charge in [0.1, 0.15) is 6.04 Å². The Balaban J connectivity index is 1.86. The lowest BCUT2D eigenvalue weighted by atomic mass is 9.98. The summed E-state index contributed by atoms with van der Waals surface area (Å²) in [5, 5.41) is 7.28. The van der Waals surface area contributed by atoms with Crippen LogP contribution in [0.15, 0.2) is 51.6 Å². The predicted molar refractivity (Wildman–Crippen MR) is 93.1 cm³/mol. The van der Waals surface area contributed by atoms with Crippen LogP contribution in [0.2, 0.25) is 5.02 Å². The lowest BCUT2D eigenvalue weighted by molar-refractivity contribution is 0.0910. The zero-order valence-electron chi connectivity index (χ0n) is 13.9. The number of halogens is 1. The summed E-state index contributed by atoms with van der Waals surface area (Å²) in [5.41, 5.74) is 0.406. The van der Waals surface area contributed by atoms with Gasteiger partial charge in [0.15, 0.2) is 5.76 Å². The van der Waals surface area contributed by atoms with Gasteiger partial charge < -0.3 is 14.3 Å². The molecule has 2 heterocycles. The topological polar surface area (TPSA) is 81.2 Å². The number of carbonyl (C=O) groups is 1. The Morgan fingerprint density at radius 1 is 1.28 bits per heavy atom. The first kappa shape index (κ1) is 17.2. The van der Waals surface area contributed by atoms with Crippen molar-refractivity contribution in [3.05, 3.63) is 59.1 Å². The number of furan rings is 1. The van der Waals surface area contributed by atoms with Crippen LogP contribution in [0.3, 0.4) is 0 Å². The molecule has 0 saturated heterocycles. The first-order valence-electron chi connectivity index (χ1n) is 8.03. The average Bonchev–Trinajstić information content (AvgIpc) is 3.30. The Bertz CT molecular complexity index is 845. The highest BCUT2D eigenvalue weighted by atomic mass is 35.5. The van der Waals surface area contributed by atoms with E-state index in [1.54, 1.807) is 36.4 Å². The summed E-state index contributed by atoms with van der Waals surface area (Å²) in [7, 11) is 0. The molecule has 7 heteroatoms. The Labute approximate surface area is 150 Å². The molecule has 3 rings (SSSR count). The van der Waals surface area contributed by atoms with Gasteiger partial charge in [-0.1, -0.05) is 49.2 Å². The molecular weight excluding hydrogens is 342 g/mol. The van der Waals surface area contributed by atoms with Gasteiger partial charge in [0.05, 0.1) is 16.8 Å². The maximum atomic E-state index is 12.6. The van der Waals surface area contributed by atoms with Crippen molar-refractivity contribution < 1.29 is 13.7 Å². The molecule has 0 aliphatic rings. The number of amides is 1. The molecular formula is C18H18ClN3O3. The molecule has 2 aromatic heterocycles. The summed E-state index contributed by atoms with van der Waals surface area (Å²) in [4.78, 5) is 17.0. The molecule has 0 saturated carbocycles. The number of hydrogen-bond acceptors (Lipinski definition) is 5. The number of hydrogen-bond donors (Lipinski definition) is 1. The van der Waals surface area contributed by atoms with Crippen molar-refractivity contribution in [2.45, 2.75) is 26.3 Å². The number of benzene rings is 1. The first-order valence-corrected chi connectivity index (χ1v) is 8.40. The van der Waals surface area contributed by atoms with Crippen LogP contribution in [-0.4, -0.2) is 16.0 Å². The summed E-state index contributed by atoms with van der Waals surface area (Å²) in [5.74, 6) is 1.00. The van der Waals surface area contributed by atoms with Gasteiger partial charge in [0.25, 0.3) is 5.91 Å². The largest absolute Gasteiger partial charge is 0.461 e. The molecule has 0 spiro atoms. The van der Waals surface area contributed by atoms with Crippen molar-refractivity contribution in [1.82, 2.24) is 15.5 Å². The van der Waals surface area contributed by atoms with E-state index in [4.69, 9.17) is 20.5 Å². The van der Waals surface area contributed by atoms with Gasteiger partial charge in [-0.15, -0.1) is 0 Å². The van der Waals surface area contributed by atoms with E-state index in [1.165, 1.54) is 6.26 Å². The van der Waals surface area contributed by atoms with E-state index >= 15 is 0 Å². The molecule has 1 amide bonds. The second-order valence-electron chi connectivity index (χ2n) is 5.75. The third-order valence-electron chi connectivity index (χ3n) is 4.07. The Kier molecular flexibility index (Phi) is 5.19. The van der Waals surface area contributed by atoms with E-state index in [0.717, 1.165) is 6.42 Å². The van der Waals surface area contributed by atoms with Crippen LogP contribution in [0.5, 0.6) is 0 Å². The molecule has 0 fully saturated rings. The Morgan fingerprint density at radius 2 is 2.08 bits per heavy atom. The third-order valence-corrected chi connectivity index (χ3v) is 4.40. The second-order valence-corrected chi connectivity index (χ2v) is 6.16. The van der Waals surface area contributed by atoms with Gasteiger partial charge in [-0.25, -0.2) is 0 Å². The molecule has 130 valence electrons. The molecule has 0 aliphatic carbocycles. The molecule has 1 aromatic carbocycles. The summed E-state index contributed by atoms with van der Waals surface area (Å²) >= 11 is 6.11. The van der Waals surface area contributed by atoms with Crippen LogP contribution >= 0.6 is 11.6 Å². The minimum Gasteiger partial charge on any atom is -0.461 e. The molecule has 2 unspecified atom stereocenters. The average molecular weight is 360 g/mol. The van der Waals surface area contributed by atoms with Crippen LogP contribution in [-0.2, 0) is 0 Å². The molecule has 0 bridgehead atoms. The van der Waals surface area contributed by atoms with Crippen LogP contribution in [0.25, 0.3) is 11.6 Å². The molecule has 3 aromatic rings. The Morgan fingerprint density at radius 3 is 2.76 bits per heavy atom. The first-order chi connectivity index (χ1) is 12.1. The summed E-state index contributed by atoms with van der Waals surface area (Å²) in [6.07, 6.45) is 2.36. The van der Waals surface area contributed by atoms with Crippen molar-refractivity contribution in [2.75, 3.05) is 0 Å². The number of nitrogens with zero attached hydrogens (tertiary/aromatic N) is 2. The summed E-state index contributed by atoms with van der Waals surface area (Å²) < 4.78 is 10.6. The fourth-order valence-electron chi connectivity index (χ4n) is 2.41. The van der Waals surface area contributed by atoms with Crippen molar-refractivity contribution in [3.8, 4) is 11.6 Å². The fourth-order valence-corrected chi connectivity index (χ4v) is 2.64. The third kappa shape index (κ3) is 3.74. The second kappa shape index (κ2) is 7.53. The molecule has 0 radical (unpaired) electrons. The van der Waals surface area contributed by atoms with Gasteiger partial charge in [0.2, 0.25) is 11.7 Å². The zero-order valence-corrected chi connectivity index (χ0v) is 14.7. The van der Waals surface area contributed by atoms with Crippen molar-refractivity contribution in [2.24, 2.45) is 5.92 Å². The van der Waals surface area contributed by atoms with E-state index in [2.05, 4.69) is 15.5 Å². The predicted octanol–water partition coefficient (Wildman–Crippen LogP) is 4.50. The van der Waals surface area contributed by atoms with Crippen LogP contribution < -0.4 is 5.32 Å². The van der Waals surface area contributed by atoms with Crippen molar-refractivity contribution >= 4 is 17.5 Å². The van der Waals surface area contributed by atoms with Crippen LogP contribution in [0.1, 0.15) is 42.6 Å². The number of carbonyl (C=O) groups excluding carboxylic acids is 1. The summed E-state index contributed by atoms with van der Waals surface area (Å²) in [6, 6.07) is 9.96. The zero-order chi connectivity index (χ0) is 17.8. The van der Waals surface area contributed by atoms with Gasteiger partial charge in [0, 0.05) is 0 Å². The molecule has 1 N–H and O–H groups in total. The van der Waals surface area contributed by atoms with E-state index in [1.807, 2.05) is 13.8 Å². The van der Waals surface area contributed by atoms with Crippen LogP contribution in [0.4, 0.5) is 0 Å². The monoisotopic (exact) mass is 359 g/mol. The molecule has 0 aliphatic heterocycles. The highest BCUT2D eigenvalue weighted by Gasteiger charge is 2.27. The van der Waals surface area contributed by atoms with E-state index in [0.29, 0.717) is 28.1 Å². The SMILES string of the molecule is CCC(C)C(NC(=O)c1ccccc1Cl)c1nc(-c2ccco2)no1. The van der Waals surface area contributed by atoms with Gasteiger partial charge >= 0.3 is 0 Å². The maximum Gasteiger partial charge on any atom is 0.253 e. The van der Waals surface area contributed by atoms with Crippen LogP contribution in [0, 0.1) is 5.92 Å². The van der Waals surface area contributed by atoms with Gasteiger partial charge in [-0.2, -0.15) is 4.98 Å². The highest BCUT2D eigenvalue weighted by Crippen LogP contribution is 2.27. The minimum atomic E-state index is -0.426. The lowest BCUT2D eigenvalue weighted by Gasteiger charge is -2.21. The smallest absolute Gasteiger partial charge is 0.253 e. The molecule has 2 atom stereocenters. The quantitative estimate of drug-likeness (QED) is 0.700. The van der Waals surface area contributed by atoms with E-state index in [9.17, 15) is 4.79 Å².